The van der Waals surface area contributed by atoms with Gasteiger partial charge in [0.15, 0.2) is 0 Å². The molecular formula is C44H80N2. The number of hydrogen-bond donors (Lipinski definition) is 0. The highest BCUT2D eigenvalue weighted by atomic mass is 14.7. The molecule has 0 aromatic heterocycles. The Labute approximate surface area is 289 Å². The highest BCUT2D eigenvalue weighted by Crippen LogP contribution is 2.15. The molecule has 0 N–H and O–H groups in total. The molecule has 0 saturated heterocycles. The molecule has 1 aromatic rings. The van der Waals surface area contributed by atoms with Gasteiger partial charge in [0, 0.05) is 25.5 Å². The van der Waals surface area contributed by atoms with Gasteiger partial charge in [0.25, 0.3) is 0 Å². The molecule has 0 fully saturated rings. The van der Waals surface area contributed by atoms with Gasteiger partial charge in [-0.25, -0.2) is 0 Å². The fourth-order valence-corrected chi connectivity index (χ4v) is 6.51. The Morgan fingerprint density at radius 2 is 0.500 bits per heavy atom. The first-order valence-electron chi connectivity index (χ1n) is 21.0. The standard InChI is InChI=1S/C44H80N2/c1-3-5-7-9-11-13-15-17-19-21-23-25-27-29-31-33-39-45-41-43-35-37-44(38-36-43)42-46-40-34-32-30-28-26-24-22-20-18-16-14-12-10-8-6-4-2/h35-38,41-42H,3-34,39-40H2,1-2H3/b45-41+,46-42+. The molecule has 0 aliphatic carbocycles. The largest absolute Gasteiger partial charge is 0.293 e. The maximum Gasteiger partial charge on any atom is 0.0389 e. The van der Waals surface area contributed by atoms with E-state index in [9.17, 15) is 0 Å². The molecule has 46 heavy (non-hydrogen) atoms. The summed E-state index contributed by atoms with van der Waals surface area (Å²) in [7, 11) is 0. The first kappa shape index (κ1) is 42.6. The molecule has 1 rings (SSSR count). The zero-order valence-electron chi connectivity index (χ0n) is 31.4. The van der Waals surface area contributed by atoms with E-state index >= 15 is 0 Å². The lowest BCUT2D eigenvalue weighted by molar-refractivity contribution is 0.530. The minimum absolute atomic E-state index is 0.959. The molecular weight excluding hydrogens is 556 g/mol. The summed E-state index contributed by atoms with van der Waals surface area (Å²) >= 11 is 0. The molecule has 0 saturated carbocycles. The van der Waals surface area contributed by atoms with Crippen LogP contribution in [0, 0.1) is 0 Å². The summed E-state index contributed by atoms with van der Waals surface area (Å²) in [6, 6.07) is 8.69. The number of unbranched alkanes of at least 4 members (excludes halogenated alkanes) is 30. The number of nitrogens with zero attached hydrogens (tertiary/aromatic N) is 2. The zero-order chi connectivity index (χ0) is 32.9. The lowest BCUT2D eigenvalue weighted by Gasteiger charge is -2.03. The van der Waals surface area contributed by atoms with Crippen LogP contribution in [0.2, 0.25) is 0 Å². The predicted molar refractivity (Wildman–Crippen MR) is 210 cm³/mol. The van der Waals surface area contributed by atoms with E-state index in [0.29, 0.717) is 0 Å². The first-order valence-corrected chi connectivity index (χ1v) is 21.0. The van der Waals surface area contributed by atoms with Crippen molar-refractivity contribution in [2.45, 2.75) is 219 Å². The minimum Gasteiger partial charge on any atom is -0.293 e. The molecule has 0 unspecified atom stereocenters. The molecule has 0 bridgehead atoms. The van der Waals surface area contributed by atoms with Gasteiger partial charge in [-0.3, -0.25) is 9.98 Å². The molecule has 0 heterocycles. The summed E-state index contributed by atoms with van der Waals surface area (Å²) in [4.78, 5) is 9.34. The molecule has 0 aliphatic heterocycles. The second-order valence-corrected chi connectivity index (χ2v) is 14.3. The molecule has 266 valence electrons. The molecule has 0 aliphatic rings. The average molecular weight is 637 g/mol. The third-order valence-electron chi connectivity index (χ3n) is 9.70. The van der Waals surface area contributed by atoms with E-state index in [1.165, 1.54) is 217 Å². The van der Waals surface area contributed by atoms with Crippen molar-refractivity contribution in [1.82, 2.24) is 0 Å². The van der Waals surface area contributed by atoms with Crippen molar-refractivity contribution in [2.75, 3.05) is 13.1 Å². The van der Waals surface area contributed by atoms with Gasteiger partial charge in [-0.1, -0.05) is 231 Å². The van der Waals surface area contributed by atoms with Crippen LogP contribution in [0.25, 0.3) is 0 Å². The lowest BCUT2D eigenvalue weighted by atomic mass is 10.0. The van der Waals surface area contributed by atoms with Crippen LogP contribution in [0.4, 0.5) is 0 Å². The first-order chi connectivity index (χ1) is 22.9. The van der Waals surface area contributed by atoms with E-state index < -0.39 is 0 Å². The summed E-state index contributed by atoms with van der Waals surface area (Å²) in [5, 5.41) is 0. The molecule has 1 aromatic carbocycles. The van der Waals surface area contributed by atoms with Crippen LogP contribution in [0.15, 0.2) is 34.3 Å². The van der Waals surface area contributed by atoms with Gasteiger partial charge in [-0.05, 0) is 24.0 Å². The van der Waals surface area contributed by atoms with Gasteiger partial charge in [0.1, 0.15) is 0 Å². The van der Waals surface area contributed by atoms with Crippen LogP contribution in [-0.4, -0.2) is 25.5 Å². The predicted octanol–water partition coefficient (Wildman–Crippen LogP) is 15.0. The Kier molecular flexibility index (Phi) is 33.7. The lowest BCUT2D eigenvalue weighted by Crippen LogP contribution is -1.89. The Bertz CT molecular complexity index is 700. The van der Waals surface area contributed by atoms with Crippen LogP contribution in [0.3, 0.4) is 0 Å². The second kappa shape index (κ2) is 36.4. The van der Waals surface area contributed by atoms with Crippen LogP contribution in [0.1, 0.15) is 230 Å². The van der Waals surface area contributed by atoms with Crippen LogP contribution < -0.4 is 0 Å². The number of benzene rings is 1. The van der Waals surface area contributed by atoms with E-state index in [1.54, 1.807) is 0 Å². The Morgan fingerprint density at radius 1 is 0.304 bits per heavy atom. The summed E-state index contributed by atoms with van der Waals surface area (Å²) < 4.78 is 0. The van der Waals surface area contributed by atoms with Crippen molar-refractivity contribution in [3.63, 3.8) is 0 Å². The highest BCUT2D eigenvalue weighted by molar-refractivity contribution is 5.84. The van der Waals surface area contributed by atoms with Crippen molar-refractivity contribution < 1.29 is 0 Å². The van der Waals surface area contributed by atoms with E-state index in [0.717, 1.165) is 13.1 Å². The normalized spacial score (nSPS) is 11.9. The number of rotatable bonds is 36. The van der Waals surface area contributed by atoms with Crippen LogP contribution in [-0.2, 0) is 0 Å². The Balaban J connectivity index is 1.85. The Hall–Kier alpha value is -1.44. The van der Waals surface area contributed by atoms with Gasteiger partial charge in [0.2, 0.25) is 0 Å². The molecule has 0 amide bonds. The summed E-state index contributed by atoms with van der Waals surface area (Å²) in [6.45, 7) is 6.52. The van der Waals surface area contributed by atoms with Crippen molar-refractivity contribution in [1.29, 1.82) is 0 Å². The van der Waals surface area contributed by atoms with Gasteiger partial charge < -0.3 is 0 Å². The molecule has 0 radical (unpaired) electrons. The van der Waals surface area contributed by atoms with Crippen molar-refractivity contribution in [3.05, 3.63) is 35.4 Å². The summed E-state index contributed by atoms with van der Waals surface area (Å²) in [5.41, 5.74) is 2.40. The van der Waals surface area contributed by atoms with Gasteiger partial charge in [-0.15, -0.1) is 0 Å². The third kappa shape index (κ3) is 31.2. The fourth-order valence-electron chi connectivity index (χ4n) is 6.51. The van der Waals surface area contributed by atoms with Crippen molar-refractivity contribution >= 4 is 12.4 Å². The summed E-state index contributed by atoms with van der Waals surface area (Å²) in [5.74, 6) is 0. The van der Waals surface area contributed by atoms with E-state index in [-0.39, 0.29) is 0 Å². The van der Waals surface area contributed by atoms with E-state index in [4.69, 9.17) is 0 Å². The maximum atomic E-state index is 4.67. The monoisotopic (exact) mass is 637 g/mol. The smallest absolute Gasteiger partial charge is 0.0389 e. The quantitative estimate of drug-likeness (QED) is 0.0517. The molecule has 2 nitrogen and oxygen atoms in total. The van der Waals surface area contributed by atoms with Crippen LogP contribution >= 0.6 is 0 Å². The number of hydrogen-bond acceptors (Lipinski definition) is 2. The number of aliphatic imine (C=N–C) groups is 2. The second-order valence-electron chi connectivity index (χ2n) is 14.3. The zero-order valence-corrected chi connectivity index (χ0v) is 31.4. The van der Waals surface area contributed by atoms with Crippen molar-refractivity contribution in [2.24, 2.45) is 9.98 Å². The van der Waals surface area contributed by atoms with E-state index in [1.807, 2.05) is 12.4 Å². The van der Waals surface area contributed by atoms with Gasteiger partial charge in [-0.2, -0.15) is 0 Å². The van der Waals surface area contributed by atoms with Crippen LogP contribution in [0.5, 0.6) is 0 Å². The topological polar surface area (TPSA) is 24.7 Å². The van der Waals surface area contributed by atoms with Gasteiger partial charge >= 0.3 is 0 Å². The third-order valence-corrected chi connectivity index (χ3v) is 9.70. The fraction of sp³-hybridized carbons (Fsp3) is 0.818. The molecule has 2 heteroatoms. The van der Waals surface area contributed by atoms with E-state index in [2.05, 4.69) is 48.1 Å². The molecule has 0 atom stereocenters. The average Bonchev–Trinajstić information content (AvgIpc) is 3.07. The SMILES string of the molecule is CCCCCCCCCCCCCCCCCC/N=C/c1ccc(/C=N/CCCCCCCCCCCCCCCCCC)cc1. The highest BCUT2D eigenvalue weighted by Gasteiger charge is 1.97. The van der Waals surface area contributed by atoms with Crippen molar-refractivity contribution in [3.8, 4) is 0 Å². The maximum absolute atomic E-state index is 4.67. The minimum atomic E-state index is 0.959. The summed E-state index contributed by atoms with van der Waals surface area (Å²) in [6.07, 6.45) is 49.4. The van der Waals surface area contributed by atoms with Gasteiger partial charge in [0.05, 0.1) is 0 Å². The Morgan fingerprint density at radius 3 is 0.717 bits per heavy atom. The molecule has 0 spiro atoms.